The Morgan fingerprint density at radius 1 is 0.968 bits per heavy atom. The predicted molar refractivity (Wildman–Crippen MR) is 120 cm³/mol. The molecule has 0 atom stereocenters. The maximum Gasteiger partial charge on any atom is 0.323 e. The summed E-state index contributed by atoms with van der Waals surface area (Å²) >= 11 is 0. The van der Waals surface area contributed by atoms with E-state index in [9.17, 15) is 9.59 Å². The number of fused-ring (bicyclic) bond motifs is 1. The molecule has 158 valence electrons. The summed E-state index contributed by atoms with van der Waals surface area (Å²) in [5, 5.41) is 16.6. The van der Waals surface area contributed by atoms with Crippen LogP contribution >= 0.6 is 0 Å². The third-order valence-electron chi connectivity index (χ3n) is 5.26. The van der Waals surface area contributed by atoms with Gasteiger partial charge >= 0.3 is 6.03 Å². The molecule has 0 aliphatic carbocycles. The number of anilines is 3. The molecular weight excluding hydrogens is 392 g/mol. The lowest BCUT2D eigenvalue weighted by Gasteiger charge is -2.30. The Balaban J connectivity index is 1.45. The molecule has 0 radical (unpaired) electrons. The van der Waals surface area contributed by atoms with Crippen molar-refractivity contribution in [1.29, 1.82) is 0 Å². The van der Waals surface area contributed by atoms with Crippen molar-refractivity contribution in [2.45, 2.75) is 19.9 Å². The van der Waals surface area contributed by atoms with Gasteiger partial charge in [-0.3, -0.25) is 4.79 Å². The smallest absolute Gasteiger partial charge is 0.323 e. The van der Waals surface area contributed by atoms with Gasteiger partial charge in [0.1, 0.15) is 0 Å². The molecule has 0 saturated carbocycles. The van der Waals surface area contributed by atoms with E-state index in [1.165, 1.54) is 0 Å². The molecule has 0 bridgehead atoms. The lowest BCUT2D eigenvalue weighted by molar-refractivity contribution is 0.0957. The van der Waals surface area contributed by atoms with Gasteiger partial charge in [-0.25, -0.2) is 4.79 Å². The molecule has 1 aliphatic heterocycles. The van der Waals surface area contributed by atoms with E-state index in [0.717, 1.165) is 41.0 Å². The zero-order valence-electron chi connectivity index (χ0n) is 17.5. The lowest BCUT2D eigenvalue weighted by Crippen LogP contribution is -2.32. The summed E-state index contributed by atoms with van der Waals surface area (Å²) in [6.45, 7) is 3.39. The molecule has 1 aromatic heterocycles. The van der Waals surface area contributed by atoms with Crippen LogP contribution in [0.1, 0.15) is 27.2 Å². The number of aromatic nitrogens is 2. The molecule has 0 saturated heterocycles. The second-order valence-electron chi connectivity index (χ2n) is 7.42. The third kappa shape index (κ3) is 4.63. The van der Waals surface area contributed by atoms with Crippen LogP contribution < -0.4 is 20.9 Å². The summed E-state index contributed by atoms with van der Waals surface area (Å²) < 4.78 is 0. The maximum atomic E-state index is 12.5. The first kappa shape index (κ1) is 20.3. The average Bonchev–Trinajstić information content (AvgIpc) is 2.80. The molecule has 8 heteroatoms. The van der Waals surface area contributed by atoms with Crippen molar-refractivity contribution >= 4 is 29.1 Å². The number of carbonyl (C=O) groups excluding carboxylic acids is 2. The highest BCUT2D eigenvalue weighted by Crippen LogP contribution is 2.28. The molecule has 0 fully saturated rings. The molecule has 3 N–H and O–H groups in total. The molecule has 2 aromatic carbocycles. The largest absolute Gasteiger partial charge is 0.354 e. The van der Waals surface area contributed by atoms with Crippen molar-refractivity contribution < 1.29 is 9.59 Å². The lowest BCUT2D eigenvalue weighted by atomic mass is 9.97. The molecule has 1 aliphatic rings. The van der Waals surface area contributed by atoms with E-state index in [1.807, 2.05) is 43.3 Å². The number of amides is 3. The summed E-state index contributed by atoms with van der Waals surface area (Å²) in [6, 6.07) is 16.8. The number of hydrogen-bond acceptors (Lipinski definition) is 5. The Bertz CT molecular complexity index is 1100. The van der Waals surface area contributed by atoms with Crippen molar-refractivity contribution in [2.24, 2.45) is 0 Å². The summed E-state index contributed by atoms with van der Waals surface area (Å²) in [4.78, 5) is 26.2. The topological polar surface area (TPSA) is 99.2 Å². The van der Waals surface area contributed by atoms with Gasteiger partial charge in [0.15, 0.2) is 11.5 Å². The van der Waals surface area contributed by atoms with E-state index in [0.29, 0.717) is 12.4 Å². The fourth-order valence-electron chi connectivity index (χ4n) is 3.59. The Hall–Kier alpha value is -3.94. The van der Waals surface area contributed by atoms with Gasteiger partial charge in [0.05, 0.1) is 0 Å². The van der Waals surface area contributed by atoms with Crippen LogP contribution in [-0.4, -0.2) is 35.7 Å². The maximum absolute atomic E-state index is 12.5. The quantitative estimate of drug-likeness (QED) is 0.606. The van der Waals surface area contributed by atoms with Gasteiger partial charge in [-0.2, -0.15) is 0 Å². The van der Waals surface area contributed by atoms with Crippen LogP contribution in [0.5, 0.6) is 0 Å². The summed E-state index contributed by atoms with van der Waals surface area (Å²) in [5.41, 5.74) is 5.22. The standard InChI is InChI=1S/C23H24N6O2/c1-15-6-8-17(9-7-15)25-23(31)26-19-5-3-4-16-14-29(13-12-18(16)19)21-11-10-20(27-28-21)22(30)24-2/h3-11H,12-14H2,1-2H3,(H,24,30)(H2,25,26,31). The van der Waals surface area contributed by atoms with Crippen molar-refractivity contribution in [3.63, 3.8) is 0 Å². The molecule has 0 spiro atoms. The molecule has 8 nitrogen and oxygen atoms in total. The normalized spacial score (nSPS) is 12.6. The van der Waals surface area contributed by atoms with Gasteiger partial charge in [0, 0.05) is 31.5 Å². The molecule has 3 amide bonds. The molecule has 3 aromatic rings. The number of nitrogens with zero attached hydrogens (tertiary/aromatic N) is 3. The number of rotatable bonds is 4. The monoisotopic (exact) mass is 416 g/mol. The van der Waals surface area contributed by atoms with Crippen LogP contribution in [0.3, 0.4) is 0 Å². The van der Waals surface area contributed by atoms with E-state index >= 15 is 0 Å². The number of benzene rings is 2. The summed E-state index contributed by atoms with van der Waals surface area (Å²) in [6.07, 6.45) is 0.759. The summed E-state index contributed by atoms with van der Waals surface area (Å²) in [5.74, 6) is 0.455. The third-order valence-corrected chi connectivity index (χ3v) is 5.26. The Morgan fingerprint density at radius 3 is 2.48 bits per heavy atom. The second-order valence-corrected chi connectivity index (χ2v) is 7.42. The Labute approximate surface area is 180 Å². The number of carbonyl (C=O) groups is 2. The van der Waals surface area contributed by atoms with Crippen LogP contribution in [-0.2, 0) is 13.0 Å². The SMILES string of the molecule is CNC(=O)c1ccc(N2CCc3c(cccc3NC(=O)Nc3ccc(C)cc3)C2)nn1. The number of hydrogen-bond donors (Lipinski definition) is 3. The molecular formula is C23H24N6O2. The first-order valence-electron chi connectivity index (χ1n) is 10.1. The number of urea groups is 1. The Kier molecular flexibility index (Phi) is 5.79. The molecule has 0 unspecified atom stereocenters. The first-order chi connectivity index (χ1) is 15.0. The van der Waals surface area contributed by atoms with Crippen LogP contribution in [0, 0.1) is 6.92 Å². The van der Waals surface area contributed by atoms with Crippen LogP contribution in [0.2, 0.25) is 0 Å². The van der Waals surface area contributed by atoms with Crippen molar-refractivity contribution in [1.82, 2.24) is 15.5 Å². The van der Waals surface area contributed by atoms with E-state index in [1.54, 1.807) is 19.2 Å². The van der Waals surface area contributed by atoms with Crippen LogP contribution in [0.25, 0.3) is 0 Å². The van der Waals surface area contributed by atoms with Gasteiger partial charge < -0.3 is 20.9 Å². The van der Waals surface area contributed by atoms with Gasteiger partial charge in [0.2, 0.25) is 0 Å². The minimum Gasteiger partial charge on any atom is -0.354 e. The van der Waals surface area contributed by atoms with Gasteiger partial charge in [-0.1, -0.05) is 29.8 Å². The summed E-state index contributed by atoms with van der Waals surface area (Å²) in [7, 11) is 1.56. The van der Waals surface area contributed by atoms with E-state index < -0.39 is 0 Å². The fraction of sp³-hybridized carbons (Fsp3) is 0.217. The molecule has 31 heavy (non-hydrogen) atoms. The highest BCUT2D eigenvalue weighted by atomic mass is 16.2. The van der Waals surface area contributed by atoms with Crippen LogP contribution in [0.15, 0.2) is 54.6 Å². The second kappa shape index (κ2) is 8.83. The first-order valence-corrected chi connectivity index (χ1v) is 10.1. The Morgan fingerprint density at radius 2 is 1.77 bits per heavy atom. The minimum atomic E-state index is -0.268. The van der Waals surface area contributed by atoms with Crippen LogP contribution in [0.4, 0.5) is 22.0 Å². The molecule has 2 heterocycles. The van der Waals surface area contributed by atoms with Crippen molar-refractivity contribution in [2.75, 3.05) is 29.1 Å². The zero-order chi connectivity index (χ0) is 21.8. The number of nitrogens with one attached hydrogen (secondary N) is 3. The van der Waals surface area contributed by atoms with Crippen molar-refractivity contribution in [3.8, 4) is 0 Å². The zero-order valence-corrected chi connectivity index (χ0v) is 17.5. The minimum absolute atomic E-state index is 0.261. The van der Waals surface area contributed by atoms with E-state index in [4.69, 9.17) is 0 Å². The van der Waals surface area contributed by atoms with Gasteiger partial charge in [0.25, 0.3) is 5.91 Å². The van der Waals surface area contributed by atoms with E-state index in [2.05, 4.69) is 37.1 Å². The predicted octanol–water partition coefficient (Wildman–Crippen LogP) is 3.35. The number of aryl methyl sites for hydroxylation is 1. The van der Waals surface area contributed by atoms with Gasteiger partial charge in [-0.05, 0) is 54.8 Å². The van der Waals surface area contributed by atoms with E-state index in [-0.39, 0.29) is 17.6 Å². The fourth-order valence-corrected chi connectivity index (χ4v) is 3.59. The van der Waals surface area contributed by atoms with Crippen molar-refractivity contribution in [3.05, 3.63) is 77.0 Å². The highest BCUT2D eigenvalue weighted by Gasteiger charge is 2.21. The highest BCUT2D eigenvalue weighted by molar-refractivity contribution is 6.00. The average molecular weight is 416 g/mol. The van der Waals surface area contributed by atoms with Gasteiger partial charge in [-0.15, -0.1) is 10.2 Å². The molecule has 4 rings (SSSR count).